The molecule has 0 radical (unpaired) electrons. The molecule has 0 spiro atoms. The highest BCUT2D eigenvalue weighted by Crippen LogP contribution is 2.28. The fourth-order valence-electron chi connectivity index (χ4n) is 1.20. The van der Waals surface area contributed by atoms with Crippen LogP contribution in [-0.4, -0.2) is 10.1 Å². The van der Waals surface area contributed by atoms with Crippen molar-refractivity contribution < 1.29 is 13.9 Å². The van der Waals surface area contributed by atoms with E-state index in [2.05, 4.69) is 4.98 Å². The van der Waals surface area contributed by atoms with Gasteiger partial charge in [0.25, 0.3) is 6.43 Å². The maximum atomic E-state index is 12.6. The zero-order chi connectivity index (χ0) is 11.4. The monoisotopic (exact) mass is 232 g/mol. The molecule has 15 heavy (non-hydrogen) atoms. The van der Waals surface area contributed by atoms with E-state index in [0.29, 0.717) is 0 Å². The maximum Gasteiger partial charge on any atom is 0.266 e. The molecule has 0 atom stereocenters. The lowest BCUT2D eigenvalue weighted by atomic mass is 10.0. The van der Waals surface area contributed by atoms with E-state index in [1.807, 2.05) is 0 Å². The molecule has 0 fully saturated rings. The average molecular weight is 233 g/mol. The van der Waals surface area contributed by atoms with Crippen molar-refractivity contribution in [1.29, 1.82) is 5.26 Å². The van der Waals surface area contributed by atoms with E-state index < -0.39 is 18.6 Å². The van der Waals surface area contributed by atoms with Crippen molar-refractivity contribution in [2.24, 2.45) is 0 Å². The highest BCUT2D eigenvalue weighted by atomic mass is 35.5. The summed E-state index contributed by atoms with van der Waals surface area (Å²) >= 11 is 5.43. The van der Waals surface area contributed by atoms with Gasteiger partial charge in [-0.25, -0.2) is 8.78 Å². The Balaban J connectivity index is 3.46. The number of hydrogen-bond donors (Lipinski definition) is 1. The number of pyridine rings is 1. The van der Waals surface area contributed by atoms with Crippen LogP contribution in [0.1, 0.15) is 28.8 Å². The van der Waals surface area contributed by atoms with Crippen LogP contribution in [0.25, 0.3) is 0 Å². The van der Waals surface area contributed by atoms with Crippen molar-refractivity contribution in [2.45, 2.75) is 18.9 Å². The summed E-state index contributed by atoms with van der Waals surface area (Å²) in [6, 6.07) is 1.63. The summed E-state index contributed by atoms with van der Waals surface area (Å²) in [4.78, 5) is 3.67. The molecule has 1 heterocycles. The van der Waals surface area contributed by atoms with E-state index in [9.17, 15) is 8.78 Å². The highest BCUT2D eigenvalue weighted by Gasteiger charge is 2.21. The van der Waals surface area contributed by atoms with Crippen LogP contribution in [0.3, 0.4) is 0 Å². The number of aliphatic hydroxyl groups is 1. The molecule has 0 unspecified atom stereocenters. The second-order valence-electron chi connectivity index (χ2n) is 2.72. The third kappa shape index (κ3) is 2.22. The van der Waals surface area contributed by atoms with E-state index >= 15 is 0 Å². The Kier molecular flexibility index (Phi) is 3.95. The second kappa shape index (κ2) is 5.01. The van der Waals surface area contributed by atoms with Crippen LogP contribution < -0.4 is 0 Å². The minimum Gasteiger partial charge on any atom is -0.392 e. The first-order valence-corrected chi connectivity index (χ1v) is 4.54. The molecule has 0 aliphatic heterocycles. The first-order valence-electron chi connectivity index (χ1n) is 4.01. The van der Waals surface area contributed by atoms with Gasteiger partial charge in [-0.05, 0) is 0 Å². The molecule has 3 nitrogen and oxygen atoms in total. The molecule has 0 saturated heterocycles. The molecule has 0 aromatic carbocycles. The number of aliphatic hydroxyl groups excluding tert-OH is 1. The fourth-order valence-corrected chi connectivity index (χ4v) is 1.41. The smallest absolute Gasteiger partial charge is 0.266 e. The number of hydrogen-bond acceptors (Lipinski definition) is 3. The molecule has 1 rings (SSSR count). The number of nitrogens with zero attached hydrogens (tertiary/aromatic N) is 2. The molecule has 0 saturated carbocycles. The summed E-state index contributed by atoms with van der Waals surface area (Å²) in [5.74, 6) is -0.194. The summed E-state index contributed by atoms with van der Waals surface area (Å²) in [6.07, 6.45) is -1.64. The molecule has 0 aliphatic carbocycles. The van der Waals surface area contributed by atoms with Crippen LogP contribution >= 0.6 is 11.6 Å². The number of nitriles is 1. The second-order valence-corrected chi connectivity index (χ2v) is 2.99. The van der Waals surface area contributed by atoms with Gasteiger partial charge in [0.1, 0.15) is 6.07 Å². The van der Waals surface area contributed by atoms with E-state index in [0.717, 1.165) is 0 Å². The van der Waals surface area contributed by atoms with Crippen molar-refractivity contribution >= 4 is 11.6 Å². The highest BCUT2D eigenvalue weighted by molar-refractivity contribution is 6.17. The quantitative estimate of drug-likeness (QED) is 0.812. The van der Waals surface area contributed by atoms with Crippen molar-refractivity contribution in [1.82, 2.24) is 4.98 Å². The Morgan fingerprint density at radius 1 is 1.60 bits per heavy atom. The normalized spacial score (nSPS) is 10.4. The van der Waals surface area contributed by atoms with Crippen molar-refractivity contribution in [3.63, 3.8) is 0 Å². The van der Waals surface area contributed by atoms with Gasteiger partial charge >= 0.3 is 0 Å². The number of rotatable bonds is 3. The van der Waals surface area contributed by atoms with Crippen LogP contribution in [0.15, 0.2) is 6.20 Å². The first-order chi connectivity index (χ1) is 7.15. The summed E-state index contributed by atoms with van der Waals surface area (Å²) in [6.45, 7) is -0.502. The predicted octanol–water partition coefficient (Wildman–Crippen LogP) is 2.12. The molecule has 0 bridgehead atoms. The molecule has 80 valence electrons. The Bertz CT molecular complexity index is 404. The van der Waals surface area contributed by atoms with Crippen LogP contribution in [-0.2, 0) is 12.5 Å². The Morgan fingerprint density at radius 3 is 2.67 bits per heavy atom. The third-order valence-corrected chi connectivity index (χ3v) is 2.16. The summed E-state index contributed by atoms with van der Waals surface area (Å²) in [7, 11) is 0. The Morgan fingerprint density at radius 2 is 2.27 bits per heavy atom. The molecule has 1 aromatic rings. The van der Waals surface area contributed by atoms with Crippen LogP contribution in [0.4, 0.5) is 8.78 Å². The van der Waals surface area contributed by atoms with E-state index in [4.69, 9.17) is 22.0 Å². The topological polar surface area (TPSA) is 56.9 Å². The summed E-state index contributed by atoms with van der Waals surface area (Å²) in [5, 5.41) is 17.6. The Labute approximate surface area is 89.9 Å². The van der Waals surface area contributed by atoms with Crippen molar-refractivity contribution in [2.75, 3.05) is 0 Å². The standard InChI is InChI=1S/C9H7ClF2N2O/c10-1-7-8(9(11)12)6(2-13)5(4-15)3-14-7/h3,9,15H,1,4H2. The summed E-state index contributed by atoms with van der Waals surface area (Å²) in [5.41, 5.74) is -0.667. The Hall–Kier alpha value is -1.25. The van der Waals surface area contributed by atoms with Gasteiger partial charge in [0.2, 0.25) is 0 Å². The van der Waals surface area contributed by atoms with Gasteiger partial charge < -0.3 is 5.11 Å². The van der Waals surface area contributed by atoms with E-state index in [1.165, 1.54) is 6.20 Å². The molecule has 0 aliphatic rings. The number of halogens is 3. The lowest BCUT2D eigenvalue weighted by Gasteiger charge is -2.10. The van der Waals surface area contributed by atoms with Crippen molar-refractivity contribution in [3.05, 3.63) is 28.6 Å². The molecular weight excluding hydrogens is 226 g/mol. The van der Waals surface area contributed by atoms with Crippen molar-refractivity contribution in [3.8, 4) is 6.07 Å². The van der Waals surface area contributed by atoms with Gasteiger partial charge in [-0.3, -0.25) is 4.98 Å². The SMILES string of the molecule is N#Cc1c(CO)cnc(CCl)c1C(F)F. The van der Waals surface area contributed by atoms with Gasteiger partial charge in [-0.2, -0.15) is 5.26 Å². The number of alkyl halides is 3. The van der Waals surface area contributed by atoms with Gasteiger partial charge in [0, 0.05) is 11.8 Å². The van der Waals surface area contributed by atoms with Gasteiger partial charge in [-0.1, -0.05) is 0 Å². The molecule has 0 amide bonds. The fraction of sp³-hybridized carbons (Fsp3) is 0.333. The van der Waals surface area contributed by atoms with Gasteiger partial charge in [-0.15, -0.1) is 11.6 Å². The first kappa shape index (κ1) is 11.8. The lowest BCUT2D eigenvalue weighted by Crippen LogP contribution is -2.04. The molecule has 6 heteroatoms. The van der Waals surface area contributed by atoms with E-state index in [-0.39, 0.29) is 22.7 Å². The zero-order valence-corrected chi connectivity index (χ0v) is 8.30. The lowest BCUT2D eigenvalue weighted by molar-refractivity contribution is 0.149. The van der Waals surface area contributed by atoms with E-state index in [1.54, 1.807) is 6.07 Å². The molecule has 1 aromatic heterocycles. The molecular formula is C9H7ClF2N2O. The average Bonchev–Trinajstić information content (AvgIpc) is 2.26. The van der Waals surface area contributed by atoms with Crippen LogP contribution in [0, 0.1) is 11.3 Å². The van der Waals surface area contributed by atoms with Crippen LogP contribution in [0.2, 0.25) is 0 Å². The molecule has 1 N–H and O–H groups in total. The minimum absolute atomic E-state index is 0.0274. The third-order valence-electron chi connectivity index (χ3n) is 1.90. The zero-order valence-electron chi connectivity index (χ0n) is 7.54. The maximum absolute atomic E-state index is 12.6. The van der Waals surface area contributed by atoms with Gasteiger partial charge in [0.15, 0.2) is 0 Å². The predicted molar refractivity (Wildman–Crippen MR) is 49.4 cm³/mol. The summed E-state index contributed by atoms with van der Waals surface area (Å²) < 4.78 is 25.3. The van der Waals surface area contributed by atoms with Gasteiger partial charge in [0.05, 0.1) is 29.3 Å². The number of aromatic nitrogens is 1. The van der Waals surface area contributed by atoms with Crippen LogP contribution in [0.5, 0.6) is 0 Å². The minimum atomic E-state index is -2.83. The largest absolute Gasteiger partial charge is 0.392 e.